The summed E-state index contributed by atoms with van der Waals surface area (Å²) < 4.78 is 1.60. The number of halogens is 1. The summed E-state index contributed by atoms with van der Waals surface area (Å²) in [6, 6.07) is 12.6. The number of carbonyl (C=O) groups is 2. The Labute approximate surface area is 170 Å². The summed E-state index contributed by atoms with van der Waals surface area (Å²) in [6.45, 7) is 1.45. The highest BCUT2D eigenvalue weighted by atomic mass is 35.5. The smallest absolute Gasteiger partial charge is 0.234 e. The second kappa shape index (κ2) is 9.69. The molecule has 1 fully saturated rings. The number of hydrogen-bond donors (Lipinski definition) is 1. The van der Waals surface area contributed by atoms with Crippen LogP contribution in [0.2, 0.25) is 5.02 Å². The van der Waals surface area contributed by atoms with Crippen LogP contribution in [-0.4, -0.2) is 22.4 Å². The first-order valence-electron chi connectivity index (χ1n) is 9.80. The number of benzene rings is 1. The molecule has 148 valence electrons. The average molecular weight is 400 g/mol. The van der Waals surface area contributed by atoms with Crippen LogP contribution < -0.4 is 10.8 Å². The van der Waals surface area contributed by atoms with E-state index >= 15 is 0 Å². The van der Waals surface area contributed by atoms with E-state index in [0.717, 1.165) is 18.4 Å². The maximum absolute atomic E-state index is 13.1. The molecular formula is C22H26ClN3O2. The van der Waals surface area contributed by atoms with E-state index in [2.05, 4.69) is 5.32 Å². The normalized spacial score (nSPS) is 16.6. The molecule has 3 rings (SSSR count). The minimum atomic E-state index is -0.419. The Balaban J connectivity index is 1.84. The van der Waals surface area contributed by atoms with Gasteiger partial charge in [0.2, 0.25) is 11.8 Å². The fourth-order valence-electron chi connectivity index (χ4n) is 3.61. The summed E-state index contributed by atoms with van der Waals surface area (Å²) in [5.41, 5.74) is 1.52. The van der Waals surface area contributed by atoms with Crippen molar-refractivity contribution in [3.8, 4) is 0 Å². The summed E-state index contributed by atoms with van der Waals surface area (Å²) in [5.74, 6) is -0.290. The minimum Gasteiger partial charge on any atom is -0.349 e. The molecule has 1 aromatic heterocycles. The van der Waals surface area contributed by atoms with Crippen LogP contribution in [-0.2, 0) is 4.79 Å². The van der Waals surface area contributed by atoms with Gasteiger partial charge in [-0.05, 0) is 42.7 Å². The van der Waals surface area contributed by atoms with Crippen molar-refractivity contribution in [1.29, 1.82) is 0 Å². The Morgan fingerprint density at radius 1 is 1.14 bits per heavy atom. The quantitative estimate of drug-likeness (QED) is 0.815. The van der Waals surface area contributed by atoms with E-state index in [0.29, 0.717) is 10.5 Å². The Morgan fingerprint density at radius 2 is 1.86 bits per heavy atom. The lowest BCUT2D eigenvalue weighted by atomic mass is 9.96. The van der Waals surface area contributed by atoms with Crippen molar-refractivity contribution >= 4 is 23.4 Å². The van der Waals surface area contributed by atoms with Gasteiger partial charge in [-0.25, -0.2) is 0 Å². The van der Waals surface area contributed by atoms with Gasteiger partial charge in [0, 0.05) is 18.1 Å². The molecule has 1 unspecified atom stereocenters. The van der Waals surface area contributed by atoms with Crippen molar-refractivity contribution in [2.75, 3.05) is 0 Å². The largest absolute Gasteiger partial charge is 0.349 e. The van der Waals surface area contributed by atoms with Gasteiger partial charge in [0.05, 0.1) is 18.5 Å². The zero-order valence-corrected chi connectivity index (χ0v) is 16.9. The molecule has 1 aromatic carbocycles. The van der Waals surface area contributed by atoms with Crippen molar-refractivity contribution in [2.24, 2.45) is 4.99 Å². The monoisotopic (exact) mass is 399 g/mol. The van der Waals surface area contributed by atoms with Gasteiger partial charge in [0.25, 0.3) is 0 Å². The molecule has 2 aromatic rings. The van der Waals surface area contributed by atoms with Crippen molar-refractivity contribution in [3.05, 3.63) is 64.7 Å². The van der Waals surface area contributed by atoms with E-state index in [9.17, 15) is 9.59 Å². The van der Waals surface area contributed by atoms with Crippen LogP contribution in [0.15, 0.2) is 53.7 Å². The summed E-state index contributed by atoms with van der Waals surface area (Å²) >= 11 is 5.97. The molecule has 1 heterocycles. The van der Waals surface area contributed by atoms with Gasteiger partial charge in [0.1, 0.15) is 5.49 Å². The van der Waals surface area contributed by atoms with E-state index in [1.807, 2.05) is 30.3 Å². The van der Waals surface area contributed by atoms with Crippen molar-refractivity contribution in [2.45, 2.75) is 57.5 Å². The summed E-state index contributed by atoms with van der Waals surface area (Å²) in [7, 11) is 0. The van der Waals surface area contributed by atoms with E-state index in [4.69, 9.17) is 16.6 Å². The molecule has 28 heavy (non-hydrogen) atoms. The molecule has 0 spiro atoms. The maximum Gasteiger partial charge on any atom is 0.234 e. The first-order valence-corrected chi connectivity index (χ1v) is 10.2. The van der Waals surface area contributed by atoms with Crippen LogP contribution >= 0.6 is 11.6 Å². The number of nitrogens with one attached hydrogen (secondary N) is 1. The van der Waals surface area contributed by atoms with Gasteiger partial charge in [-0.1, -0.05) is 49.1 Å². The van der Waals surface area contributed by atoms with Gasteiger partial charge in [0.15, 0.2) is 0 Å². The van der Waals surface area contributed by atoms with Crippen LogP contribution in [0.4, 0.5) is 0 Å². The first-order chi connectivity index (χ1) is 13.5. The zero-order valence-electron chi connectivity index (χ0n) is 16.1. The topological polar surface area (TPSA) is 63.5 Å². The lowest BCUT2D eigenvalue weighted by Gasteiger charge is -2.20. The number of aromatic nitrogens is 1. The number of pyridine rings is 1. The second-order valence-corrected chi connectivity index (χ2v) is 7.69. The van der Waals surface area contributed by atoms with Crippen molar-refractivity contribution < 1.29 is 9.59 Å². The second-order valence-electron chi connectivity index (χ2n) is 7.25. The van der Waals surface area contributed by atoms with Crippen LogP contribution in [0.1, 0.15) is 61.8 Å². The Morgan fingerprint density at radius 3 is 2.54 bits per heavy atom. The number of amides is 1. The number of hydrogen-bond acceptors (Lipinski definition) is 3. The summed E-state index contributed by atoms with van der Waals surface area (Å²) in [4.78, 5) is 29.6. The molecule has 1 atom stereocenters. The Hall–Kier alpha value is -2.40. The highest BCUT2D eigenvalue weighted by molar-refractivity contribution is 6.30. The molecule has 6 heteroatoms. The molecular weight excluding hydrogens is 374 g/mol. The molecule has 1 N–H and O–H groups in total. The highest BCUT2D eigenvalue weighted by Gasteiger charge is 2.19. The van der Waals surface area contributed by atoms with Crippen molar-refractivity contribution in [3.63, 3.8) is 0 Å². The molecule has 1 saturated carbocycles. The first kappa shape index (κ1) is 20.3. The van der Waals surface area contributed by atoms with E-state index in [-0.39, 0.29) is 24.3 Å². The van der Waals surface area contributed by atoms with Crippen LogP contribution in [0, 0.1) is 0 Å². The molecule has 1 amide bonds. The highest BCUT2D eigenvalue weighted by Crippen LogP contribution is 2.21. The van der Waals surface area contributed by atoms with Crippen LogP contribution in [0.25, 0.3) is 0 Å². The SMILES string of the molecule is CC(=O)NC(CC(=O)n1ccccc1=NC1CCCCC1)c1ccc(Cl)cc1. The fourth-order valence-corrected chi connectivity index (χ4v) is 3.74. The van der Waals surface area contributed by atoms with Gasteiger partial charge in [-0.15, -0.1) is 0 Å². The van der Waals surface area contributed by atoms with Crippen molar-refractivity contribution in [1.82, 2.24) is 9.88 Å². The standard InChI is InChI=1S/C22H26ClN3O2/c1-16(27)24-20(17-10-12-18(23)13-11-17)15-22(28)26-14-6-5-9-21(26)25-19-7-3-2-4-8-19/h5-6,9-14,19-20H,2-4,7-8,15H2,1H3,(H,24,27). The third-order valence-electron chi connectivity index (χ3n) is 5.03. The lowest BCUT2D eigenvalue weighted by Crippen LogP contribution is -2.33. The number of carbonyl (C=O) groups excluding carboxylic acids is 2. The number of rotatable bonds is 5. The Bertz CT molecular complexity index is 883. The van der Waals surface area contributed by atoms with Crippen LogP contribution in [0.3, 0.4) is 0 Å². The molecule has 0 bridgehead atoms. The lowest BCUT2D eigenvalue weighted by molar-refractivity contribution is -0.119. The Kier molecular flexibility index (Phi) is 7.04. The summed E-state index contributed by atoms with van der Waals surface area (Å²) in [5, 5.41) is 3.48. The molecule has 0 aliphatic heterocycles. The van der Waals surface area contributed by atoms with Gasteiger partial charge in [-0.3, -0.25) is 19.1 Å². The molecule has 0 radical (unpaired) electrons. The third kappa shape index (κ3) is 5.55. The predicted octanol–water partition coefficient (Wildman–Crippen LogP) is 4.28. The summed E-state index contributed by atoms with van der Waals surface area (Å²) in [6.07, 6.45) is 7.68. The van der Waals surface area contributed by atoms with Gasteiger partial charge in [-0.2, -0.15) is 0 Å². The fraction of sp³-hybridized carbons (Fsp3) is 0.409. The molecule has 1 aliphatic carbocycles. The predicted molar refractivity (Wildman–Crippen MR) is 110 cm³/mol. The van der Waals surface area contributed by atoms with Gasteiger partial charge < -0.3 is 5.32 Å². The zero-order chi connectivity index (χ0) is 19.9. The van der Waals surface area contributed by atoms with Gasteiger partial charge >= 0.3 is 0 Å². The maximum atomic E-state index is 13.1. The molecule has 0 saturated heterocycles. The average Bonchev–Trinajstić information content (AvgIpc) is 2.69. The van der Waals surface area contributed by atoms with E-state index in [1.54, 1.807) is 22.9 Å². The van der Waals surface area contributed by atoms with E-state index in [1.165, 1.54) is 26.2 Å². The molecule has 1 aliphatic rings. The number of nitrogens with zero attached hydrogens (tertiary/aromatic N) is 2. The van der Waals surface area contributed by atoms with E-state index < -0.39 is 6.04 Å². The minimum absolute atomic E-state index is 0.108. The van der Waals surface area contributed by atoms with Crippen LogP contribution in [0.5, 0.6) is 0 Å². The molecule has 5 nitrogen and oxygen atoms in total. The third-order valence-corrected chi connectivity index (χ3v) is 5.28.